The molecule has 2 aromatic carbocycles. The van der Waals surface area contributed by atoms with Gasteiger partial charge in [0.2, 0.25) is 0 Å². The quantitative estimate of drug-likeness (QED) is 0.439. The van der Waals surface area contributed by atoms with E-state index in [9.17, 15) is 13.6 Å². The average molecular weight is 459 g/mol. The fraction of sp³-hybridized carbons (Fsp3) is 0.350. The first-order valence-electron chi connectivity index (χ1n) is 8.52. The van der Waals surface area contributed by atoms with Gasteiger partial charge in [0.05, 0.1) is 16.2 Å². The molecule has 1 unspecified atom stereocenters. The molecular formula is C20H19BrClF2NO2. The van der Waals surface area contributed by atoms with Gasteiger partial charge in [-0.1, -0.05) is 23.7 Å². The Morgan fingerprint density at radius 2 is 1.89 bits per heavy atom. The standard InChI is InChI=1S/C20H19BrClF2NO2/c1-20(2,3)27-19(26)25-16(11-4-6-12(22)7-5-11)9-8-13-17(24)14(21)10-15(23)18(13)25/h4-7,10,16H,8-9H2,1-3H3. The van der Waals surface area contributed by atoms with Crippen molar-refractivity contribution >= 4 is 39.3 Å². The highest BCUT2D eigenvalue weighted by atomic mass is 79.9. The molecule has 144 valence electrons. The van der Waals surface area contributed by atoms with E-state index in [2.05, 4.69) is 15.9 Å². The number of amides is 1. The summed E-state index contributed by atoms with van der Waals surface area (Å²) in [6.45, 7) is 5.18. The minimum atomic E-state index is -0.774. The van der Waals surface area contributed by atoms with Crippen molar-refractivity contribution in [1.29, 1.82) is 0 Å². The van der Waals surface area contributed by atoms with Crippen LogP contribution < -0.4 is 4.90 Å². The summed E-state index contributed by atoms with van der Waals surface area (Å²) in [5, 5.41) is 0.555. The smallest absolute Gasteiger partial charge is 0.415 e. The molecule has 0 bridgehead atoms. The third-order valence-corrected chi connectivity index (χ3v) is 5.13. The Hall–Kier alpha value is -1.66. The maximum atomic E-state index is 14.8. The van der Waals surface area contributed by atoms with E-state index >= 15 is 0 Å². The fourth-order valence-electron chi connectivity index (χ4n) is 3.22. The van der Waals surface area contributed by atoms with Gasteiger partial charge in [0.15, 0.2) is 0 Å². The molecule has 1 aliphatic rings. The summed E-state index contributed by atoms with van der Waals surface area (Å²) in [4.78, 5) is 14.2. The van der Waals surface area contributed by atoms with E-state index in [4.69, 9.17) is 16.3 Å². The molecule has 0 radical (unpaired) electrons. The van der Waals surface area contributed by atoms with Gasteiger partial charge >= 0.3 is 6.09 Å². The Kier molecular flexibility index (Phi) is 5.50. The van der Waals surface area contributed by atoms with Crippen molar-refractivity contribution in [3.05, 3.63) is 62.6 Å². The van der Waals surface area contributed by atoms with Gasteiger partial charge in [0, 0.05) is 10.6 Å². The first kappa shape index (κ1) is 20.1. The van der Waals surface area contributed by atoms with Crippen LogP contribution in [0.2, 0.25) is 5.02 Å². The number of rotatable bonds is 1. The van der Waals surface area contributed by atoms with Gasteiger partial charge in [-0.05, 0) is 73.3 Å². The SMILES string of the molecule is CC(C)(C)OC(=O)N1c2c(F)cc(Br)c(F)c2CCC1c1ccc(Cl)cc1. The number of carbonyl (C=O) groups excluding carboxylic acids is 1. The number of benzene rings is 2. The highest BCUT2D eigenvalue weighted by Crippen LogP contribution is 2.43. The lowest BCUT2D eigenvalue weighted by atomic mass is 9.91. The second-order valence-corrected chi connectivity index (χ2v) is 8.73. The molecular weight excluding hydrogens is 440 g/mol. The van der Waals surface area contributed by atoms with E-state index in [0.717, 1.165) is 11.6 Å². The van der Waals surface area contributed by atoms with Crippen LogP contribution in [0.3, 0.4) is 0 Å². The molecule has 0 saturated carbocycles. The molecule has 1 atom stereocenters. The van der Waals surface area contributed by atoms with Gasteiger partial charge < -0.3 is 4.74 Å². The fourth-order valence-corrected chi connectivity index (χ4v) is 3.79. The summed E-state index contributed by atoms with van der Waals surface area (Å²) in [5.74, 6) is -1.24. The third-order valence-electron chi connectivity index (χ3n) is 4.31. The van der Waals surface area contributed by atoms with Crippen molar-refractivity contribution < 1.29 is 18.3 Å². The molecule has 0 saturated heterocycles. The van der Waals surface area contributed by atoms with E-state index in [1.165, 1.54) is 4.90 Å². The van der Waals surface area contributed by atoms with E-state index in [-0.39, 0.29) is 15.7 Å². The van der Waals surface area contributed by atoms with E-state index in [1.54, 1.807) is 45.0 Å². The number of fused-ring (bicyclic) bond motifs is 1. The van der Waals surface area contributed by atoms with Gasteiger partial charge in [-0.15, -0.1) is 0 Å². The first-order valence-corrected chi connectivity index (χ1v) is 9.69. The average Bonchev–Trinajstić information content (AvgIpc) is 2.58. The zero-order chi connectivity index (χ0) is 19.9. The molecule has 2 aromatic rings. The van der Waals surface area contributed by atoms with Crippen LogP contribution in [0.1, 0.15) is 44.4 Å². The van der Waals surface area contributed by atoms with Crippen molar-refractivity contribution in [1.82, 2.24) is 0 Å². The molecule has 27 heavy (non-hydrogen) atoms. The highest BCUT2D eigenvalue weighted by molar-refractivity contribution is 9.10. The van der Waals surface area contributed by atoms with Crippen molar-refractivity contribution in [3.63, 3.8) is 0 Å². The van der Waals surface area contributed by atoms with Crippen molar-refractivity contribution in [2.75, 3.05) is 4.90 Å². The minimum Gasteiger partial charge on any atom is -0.443 e. The minimum absolute atomic E-state index is 0.0350. The van der Waals surface area contributed by atoms with Gasteiger partial charge in [0.1, 0.15) is 17.2 Å². The number of hydrogen-bond acceptors (Lipinski definition) is 2. The molecule has 1 heterocycles. The maximum absolute atomic E-state index is 14.8. The Morgan fingerprint density at radius 1 is 1.26 bits per heavy atom. The topological polar surface area (TPSA) is 29.5 Å². The number of anilines is 1. The normalized spacial score (nSPS) is 16.9. The number of hydrogen-bond donors (Lipinski definition) is 0. The van der Waals surface area contributed by atoms with E-state index in [0.29, 0.717) is 17.9 Å². The van der Waals surface area contributed by atoms with E-state index < -0.39 is 29.4 Å². The summed E-state index contributed by atoms with van der Waals surface area (Å²) >= 11 is 9.00. The van der Waals surface area contributed by atoms with Gasteiger partial charge in [0.25, 0.3) is 0 Å². The monoisotopic (exact) mass is 457 g/mol. The van der Waals surface area contributed by atoms with Gasteiger partial charge in [-0.3, -0.25) is 4.90 Å². The number of nitrogens with zero attached hydrogens (tertiary/aromatic N) is 1. The molecule has 1 aliphatic heterocycles. The maximum Gasteiger partial charge on any atom is 0.415 e. The highest BCUT2D eigenvalue weighted by Gasteiger charge is 2.38. The predicted octanol–water partition coefficient (Wildman–Crippen LogP) is 6.81. The van der Waals surface area contributed by atoms with Crippen molar-refractivity contribution in [2.45, 2.75) is 45.3 Å². The van der Waals surface area contributed by atoms with Crippen LogP contribution >= 0.6 is 27.5 Å². The summed E-state index contributed by atoms with van der Waals surface area (Å²) < 4.78 is 35.0. The molecule has 3 nitrogen and oxygen atoms in total. The lowest BCUT2D eigenvalue weighted by molar-refractivity contribution is 0.0558. The van der Waals surface area contributed by atoms with Crippen LogP contribution in [0.25, 0.3) is 0 Å². The second-order valence-electron chi connectivity index (χ2n) is 7.44. The predicted molar refractivity (Wildman–Crippen MR) is 105 cm³/mol. The lowest BCUT2D eigenvalue weighted by Gasteiger charge is -2.38. The molecule has 7 heteroatoms. The van der Waals surface area contributed by atoms with Crippen molar-refractivity contribution in [2.24, 2.45) is 0 Å². The third kappa shape index (κ3) is 4.11. The number of ether oxygens (including phenoxy) is 1. The zero-order valence-electron chi connectivity index (χ0n) is 15.2. The first-order chi connectivity index (χ1) is 12.6. The summed E-state index contributed by atoms with van der Waals surface area (Å²) in [6.07, 6.45) is 0.00849. The number of carbonyl (C=O) groups is 1. The Balaban J connectivity index is 2.14. The molecule has 0 spiro atoms. The summed E-state index contributed by atoms with van der Waals surface area (Å²) in [5.41, 5.74) is 0.0941. The van der Waals surface area contributed by atoms with Crippen LogP contribution in [-0.2, 0) is 11.2 Å². The largest absolute Gasteiger partial charge is 0.443 e. The van der Waals surface area contributed by atoms with Crippen LogP contribution in [0, 0.1) is 11.6 Å². The van der Waals surface area contributed by atoms with Crippen LogP contribution in [0.15, 0.2) is 34.8 Å². The van der Waals surface area contributed by atoms with Crippen LogP contribution in [-0.4, -0.2) is 11.7 Å². The van der Waals surface area contributed by atoms with Gasteiger partial charge in [-0.25, -0.2) is 13.6 Å². The molecule has 1 amide bonds. The Morgan fingerprint density at radius 3 is 2.48 bits per heavy atom. The second kappa shape index (κ2) is 7.40. The summed E-state index contributed by atoms with van der Waals surface area (Å²) in [6, 6.07) is 7.52. The molecule has 0 aromatic heterocycles. The summed E-state index contributed by atoms with van der Waals surface area (Å²) in [7, 11) is 0. The van der Waals surface area contributed by atoms with Crippen LogP contribution in [0.5, 0.6) is 0 Å². The van der Waals surface area contributed by atoms with E-state index in [1.807, 2.05) is 0 Å². The Labute approximate surface area is 170 Å². The van der Waals surface area contributed by atoms with Crippen molar-refractivity contribution in [3.8, 4) is 0 Å². The lowest BCUT2D eigenvalue weighted by Crippen LogP contribution is -2.42. The number of halogens is 4. The zero-order valence-corrected chi connectivity index (χ0v) is 17.5. The molecule has 0 N–H and O–H groups in total. The molecule has 0 aliphatic carbocycles. The van der Waals surface area contributed by atoms with Crippen LogP contribution in [0.4, 0.5) is 19.3 Å². The molecule has 0 fully saturated rings. The Bertz CT molecular complexity index is 881. The van der Waals surface area contributed by atoms with Gasteiger partial charge in [-0.2, -0.15) is 0 Å². The molecule has 3 rings (SSSR count).